The van der Waals surface area contributed by atoms with E-state index in [0.29, 0.717) is 5.92 Å². The van der Waals surface area contributed by atoms with Gasteiger partial charge in [-0.3, -0.25) is 4.79 Å². The number of carbonyl (C=O) groups is 1. The van der Waals surface area contributed by atoms with Crippen molar-refractivity contribution < 1.29 is 4.79 Å². The van der Waals surface area contributed by atoms with E-state index in [9.17, 15) is 4.79 Å². The summed E-state index contributed by atoms with van der Waals surface area (Å²) in [5.41, 5.74) is 4.52. The highest BCUT2D eigenvalue weighted by Crippen LogP contribution is 2.22. The Bertz CT molecular complexity index is 695. The lowest BCUT2D eigenvalue weighted by Gasteiger charge is -2.18. The van der Waals surface area contributed by atoms with Gasteiger partial charge < -0.3 is 0 Å². The van der Waals surface area contributed by atoms with Crippen LogP contribution in [0.5, 0.6) is 0 Å². The third-order valence-corrected chi connectivity index (χ3v) is 4.09. The van der Waals surface area contributed by atoms with Crippen LogP contribution in [-0.2, 0) is 11.8 Å². The van der Waals surface area contributed by atoms with Crippen LogP contribution in [0.25, 0.3) is 6.08 Å². The zero-order valence-corrected chi connectivity index (χ0v) is 15.5. The second kappa shape index (κ2) is 7.61. The first-order valence-electron chi connectivity index (χ1n) is 8.67. The summed E-state index contributed by atoms with van der Waals surface area (Å²) in [6.45, 7) is 11.0. The van der Waals surface area contributed by atoms with Crippen LogP contribution in [0.4, 0.5) is 0 Å². The van der Waals surface area contributed by atoms with Crippen molar-refractivity contribution in [2.45, 2.75) is 46.5 Å². The summed E-state index contributed by atoms with van der Waals surface area (Å²) < 4.78 is 0. The van der Waals surface area contributed by atoms with Crippen molar-refractivity contribution in [2.24, 2.45) is 5.92 Å². The highest BCUT2D eigenvalue weighted by Gasteiger charge is 2.12. The van der Waals surface area contributed by atoms with Gasteiger partial charge in [-0.15, -0.1) is 0 Å². The predicted molar refractivity (Wildman–Crippen MR) is 103 cm³/mol. The van der Waals surface area contributed by atoms with Gasteiger partial charge in [-0.2, -0.15) is 0 Å². The third-order valence-electron chi connectivity index (χ3n) is 4.09. The molecule has 24 heavy (non-hydrogen) atoms. The van der Waals surface area contributed by atoms with Crippen LogP contribution in [0, 0.1) is 5.92 Å². The minimum atomic E-state index is 0.0472. The average molecular weight is 320 g/mol. The van der Waals surface area contributed by atoms with Crippen LogP contribution in [0.3, 0.4) is 0 Å². The first-order valence-corrected chi connectivity index (χ1v) is 8.67. The Morgan fingerprint density at radius 1 is 0.958 bits per heavy atom. The van der Waals surface area contributed by atoms with E-state index >= 15 is 0 Å². The molecule has 0 aromatic heterocycles. The largest absolute Gasteiger partial charge is 0.289 e. The lowest BCUT2D eigenvalue weighted by atomic mass is 9.87. The number of hydrogen-bond acceptors (Lipinski definition) is 1. The normalized spacial score (nSPS) is 12.1. The van der Waals surface area contributed by atoms with E-state index < -0.39 is 0 Å². The Balaban J connectivity index is 2.04. The Morgan fingerprint density at radius 2 is 1.54 bits per heavy atom. The van der Waals surface area contributed by atoms with Gasteiger partial charge in [-0.1, -0.05) is 89.2 Å². The fourth-order valence-electron chi connectivity index (χ4n) is 2.64. The standard InChI is InChI=1S/C23H28O/c1-17(2)16-19-6-11-20(12-7-19)22(24)15-10-18-8-13-21(14-9-18)23(3,4)5/h6-15,17H,16H2,1-5H3. The molecular formula is C23H28O. The monoisotopic (exact) mass is 320 g/mol. The summed E-state index contributed by atoms with van der Waals surface area (Å²) in [4.78, 5) is 12.3. The van der Waals surface area contributed by atoms with Crippen molar-refractivity contribution in [1.29, 1.82) is 0 Å². The highest BCUT2D eigenvalue weighted by atomic mass is 16.1. The van der Waals surface area contributed by atoms with Gasteiger partial charge in [-0.05, 0) is 40.5 Å². The first-order chi connectivity index (χ1) is 11.3. The molecule has 0 fully saturated rings. The molecule has 0 N–H and O–H groups in total. The van der Waals surface area contributed by atoms with Gasteiger partial charge in [-0.25, -0.2) is 0 Å². The summed E-state index contributed by atoms with van der Waals surface area (Å²) in [6.07, 6.45) is 4.59. The summed E-state index contributed by atoms with van der Waals surface area (Å²) in [5.74, 6) is 0.675. The van der Waals surface area contributed by atoms with E-state index in [4.69, 9.17) is 0 Å². The Kier molecular flexibility index (Phi) is 5.77. The number of hydrogen-bond donors (Lipinski definition) is 0. The quantitative estimate of drug-likeness (QED) is 0.482. The topological polar surface area (TPSA) is 17.1 Å². The number of allylic oxidation sites excluding steroid dienone is 1. The molecule has 0 saturated carbocycles. The fraction of sp³-hybridized carbons (Fsp3) is 0.348. The van der Waals surface area contributed by atoms with Crippen molar-refractivity contribution in [3.8, 4) is 0 Å². The van der Waals surface area contributed by atoms with Crippen LogP contribution < -0.4 is 0 Å². The second-order valence-electron chi connectivity index (χ2n) is 7.86. The lowest BCUT2D eigenvalue weighted by Crippen LogP contribution is -2.10. The Labute approximate surface area is 146 Å². The molecule has 0 spiro atoms. The molecule has 0 aliphatic carbocycles. The van der Waals surface area contributed by atoms with Gasteiger partial charge >= 0.3 is 0 Å². The maximum atomic E-state index is 12.3. The zero-order valence-electron chi connectivity index (χ0n) is 15.5. The number of carbonyl (C=O) groups excluding carboxylic acids is 1. The molecule has 0 unspecified atom stereocenters. The van der Waals surface area contributed by atoms with Crippen molar-refractivity contribution >= 4 is 11.9 Å². The molecule has 2 aromatic rings. The van der Waals surface area contributed by atoms with Crippen LogP contribution in [-0.4, -0.2) is 5.78 Å². The van der Waals surface area contributed by atoms with E-state index in [1.54, 1.807) is 6.08 Å². The minimum Gasteiger partial charge on any atom is -0.289 e. The Morgan fingerprint density at radius 3 is 2.04 bits per heavy atom. The van der Waals surface area contributed by atoms with Crippen molar-refractivity contribution in [3.63, 3.8) is 0 Å². The maximum absolute atomic E-state index is 12.3. The van der Waals surface area contributed by atoms with Crippen LogP contribution in [0.2, 0.25) is 0 Å². The summed E-state index contributed by atoms with van der Waals surface area (Å²) >= 11 is 0. The highest BCUT2D eigenvalue weighted by molar-refractivity contribution is 6.06. The molecule has 0 saturated heterocycles. The summed E-state index contributed by atoms with van der Waals surface area (Å²) in [7, 11) is 0. The summed E-state index contributed by atoms with van der Waals surface area (Å²) in [5, 5.41) is 0. The van der Waals surface area contributed by atoms with Gasteiger partial charge in [0.25, 0.3) is 0 Å². The third kappa shape index (κ3) is 5.19. The van der Waals surface area contributed by atoms with Gasteiger partial charge in [0.15, 0.2) is 5.78 Å². The summed E-state index contributed by atoms with van der Waals surface area (Å²) in [6, 6.07) is 16.3. The van der Waals surface area contributed by atoms with E-state index in [1.165, 1.54) is 11.1 Å². The molecule has 0 atom stereocenters. The lowest BCUT2D eigenvalue weighted by molar-refractivity contribution is 0.104. The maximum Gasteiger partial charge on any atom is 0.185 e. The minimum absolute atomic E-state index is 0.0472. The molecule has 126 valence electrons. The molecule has 0 aliphatic heterocycles. The molecule has 1 heteroatoms. The van der Waals surface area contributed by atoms with Gasteiger partial charge in [0.2, 0.25) is 0 Å². The van der Waals surface area contributed by atoms with Crippen LogP contribution in [0.1, 0.15) is 61.7 Å². The molecule has 0 bridgehead atoms. The zero-order chi connectivity index (χ0) is 17.7. The fourth-order valence-corrected chi connectivity index (χ4v) is 2.64. The SMILES string of the molecule is CC(C)Cc1ccc(C(=O)C=Cc2ccc(C(C)(C)C)cc2)cc1. The molecule has 2 rings (SSSR count). The molecule has 0 heterocycles. The van der Waals surface area contributed by atoms with Gasteiger partial charge in [0, 0.05) is 5.56 Å². The first kappa shape index (κ1) is 18.2. The van der Waals surface area contributed by atoms with Crippen molar-refractivity contribution in [3.05, 3.63) is 76.9 Å². The van der Waals surface area contributed by atoms with Gasteiger partial charge in [0.1, 0.15) is 0 Å². The van der Waals surface area contributed by atoms with E-state index in [0.717, 1.165) is 17.5 Å². The predicted octanol–water partition coefficient (Wildman–Crippen LogP) is 6.08. The molecule has 0 radical (unpaired) electrons. The van der Waals surface area contributed by atoms with Crippen LogP contribution in [0.15, 0.2) is 54.6 Å². The average Bonchev–Trinajstić information content (AvgIpc) is 2.52. The van der Waals surface area contributed by atoms with Crippen molar-refractivity contribution in [2.75, 3.05) is 0 Å². The number of ketones is 1. The second-order valence-corrected chi connectivity index (χ2v) is 7.86. The Hall–Kier alpha value is -2.15. The van der Waals surface area contributed by atoms with Gasteiger partial charge in [0.05, 0.1) is 0 Å². The molecule has 2 aromatic carbocycles. The molecule has 0 amide bonds. The molecule has 0 aliphatic rings. The number of benzene rings is 2. The van der Waals surface area contributed by atoms with Crippen LogP contribution >= 0.6 is 0 Å². The molecule has 1 nitrogen and oxygen atoms in total. The van der Waals surface area contributed by atoms with Crippen molar-refractivity contribution in [1.82, 2.24) is 0 Å². The number of rotatable bonds is 5. The van der Waals surface area contributed by atoms with E-state index in [-0.39, 0.29) is 11.2 Å². The molecular weight excluding hydrogens is 292 g/mol. The van der Waals surface area contributed by atoms with E-state index in [1.807, 2.05) is 18.2 Å². The smallest absolute Gasteiger partial charge is 0.185 e. The van der Waals surface area contributed by atoms with E-state index in [2.05, 4.69) is 71.0 Å².